The van der Waals surface area contributed by atoms with Gasteiger partial charge in [0.05, 0.1) is 20.7 Å². The molecule has 0 unspecified atom stereocenters. The monoisotopic (exact) mass is 338 g/mol. The predicted octanol–water partition coefficient (Wildman–Crippen LogP) is 4.97. The van der Waals surface area contributed by atoms with Gasteiger partial charge in [0.25, 0.3) is 0 Å². The fourth-order valence-corrected chi connectivity index (χ4v) is 2.43. The van der Waals surface area contributed by atoms with Gasteiger partial charge in [0.2, 0.25) is 5.75 Å². The van der Waals surface area contributed by atoms with E-state index in [0.717, 1.165) is 0 Å². The Hall–Kier alpha value is -2.11. The molecule has 0 aliphatic heterocycles. The number of benzene rings is 2. The lowest BCUT2D eigenvalue weighted by molar-refractivity contribution is -0.386. The van der Waals surface area contributed by atoms with Crippen molar-refractivity contribution in [2.75, 3.05) is 0 Å². The Balaban J connectivity index is 2.61. The van der Waals surface area contributed by atoms with Crippen LogP contribution in [0.25, 0.3) is 0 Å². The summed E-state index contributed by atoms with van der Waals surface area (Å²) in [5.74, 6) is -0.458. The number of aliphatic imine (C=N–C) groups is 1. The Labute approximate surface area is 137 Å². The molecule has 114 valence electrons. The predicted molar refractivity (Wildman–Crippen MR) is 88.0 cm³/mol. The molecule has 0 atom stereocenters. The fourth-order valence-electron chi connectivity index (χ4n) is 2.06. The van der Waals surface area contributed by atoms with Crippen molar-refractivity contribution >= 4 is 40.8 Å². The SMILES string of the molecule is Cc1c(Cl)c(C)c([N+](=O)[O-])c(O)c1C=Nc1ccccc1Cl. The van der Waals surface area contributed by atoms with Crippen LogP contribution in [-0.4, -0.2) is 16.2 Å². The van der Waals surface area contributed by atoms with Gasteiger partial charge in [0, 0.05) is 17.3 Å². The molecule has 0 aliphatic carbocycles. The van der Waals surface area contributed by atoms with Crippen LogP contribution in [0.5, 0.6) is 5.75 Å². The number of rotatable bonds is 3. The minimum absolute atomic E-state index is 0.196. The van der Waals surface area contributed by atoms with Crippen molar-refractivity contribution < 1.29 is 10.0 Å². The second-order valence-corrected chi connectivity index (χ2v) is 5.43. The number of nitrogens with zero attached hydrogens (tertiary/aromatic N) is 2. The number of nitro benzene ring substituents is 1. The number of phenols is 1. The average molecular weight is 339 g/mol. The van der Waals surface area contributed by atoms with Crippen LogP contribution in [0.1, 0.15) is 16.7 Å². The summed E-state index contributed by atoms with van der Waals surface area (Å²) in [6.07, 6.45) is 1.32. The van der Waals surface area contributed by atoms with E-state index >= 15 is 0 Å². The molecule has 2 aromatic rings. The molecule has 22 heavy (non-hydrogen) atoms. The van der Waals surface area contributed by atoms with Crippen molar-refractivity contribution in [2.45, 2.75) is 13.8 Å². The Morgan fingerprint density at radius 2 is 1.86 bits per heavy atom. The smallest absolute Gasteiger partial charge is 0.315 e. The summed E-state index contributed by atoms with van der Waals surface area (Å²) in [6, 6.07) is 6.88. The minimum atomic E-state index is -0.664. The molecule has 0 fully saturated rings. The van der Waals surface area contributed by atoms with E-state index in [-0.39, 0.29) is 16.1 Å². The fraction of sp³-hybridized carbons (Fsp3) is 0.133. The molecular weight excluding hydrogens is 327 g/mol. The zero-order valence-electron chi connectivity index (χ0n) is 11.8. The highest BCUT2D eigenvalue weighted by Crippen LogP contribution is 2.40. The molecule has 2 aromatic carbocycles. The molecule has 1 N–H and O–H groups in total. The summed E-state index contributed by atoms with van der Waals surface area (Å²) in [6.45, 7) is 3.15. The summed E-state index contributed by atoms with van der Waals surface area (Å²) < 4.78 is 0. The zero-order valence-corrected chi connectivity index (χ0v) is 13.3. The van der Waals surface area contributed by atoms with Gasteiger partial charge in [-0.3, -0.25) is 15.1 Å². The second kappa shape index (κ2) is 6.34. The molecule has 0 aliphatic rings. The topological polar surface area (TPSA) is 75.7 Å². The largest absolute Gasteiger partial charge is 0.502 e. The number of nitro groups is 1. The lowest BCUT2D eigenvalue weighted by Gasteiger charge is -2.10. The van der Waals surface area contributed by atoms with Gasteiger partial charge in [-0.1, -0.05) is 35.3 Å². The number of halogens is 2. The van der Waals surface area contributed by atoms with E-state index < -0.39 is 16.4 Å². The first-order valence-corrected chi connectivity index (χ1v) is 7.04. The molecule has 2 rings (SSSR count). The quantitative estimate of drug-likeness (QED) is 0.487. The standard InChI is InChI=1S/C15H12Cl2N2O3/c1-8-10(7-18-12-6-4-3-5-11(12)16)15(20)14(19(21)22)9(2)13(8)17/h3-7,20H,1-2H3. The Morgan fingerprint density at radius 1 is 1.23 bits per heavy atom. The van der Waals surface area contributed by atoms with Crippen molar-refractivity contribution in [3.63, 3.8) is 0 Å². The lowest BCUT2D eigenvalue weighted by atomic mass is 10.0. The molecule has 0 saturated heterocycles. The van der Waals surface area contributed by atoms with Crippen LogP contribution in [0.2, 0.25) is 10.0 Å². The molecule has 5 nitrogen and oxygen atoms in total. The van der Waals surface area contributed by atoms with Gasteiger partial charge in [0.1, 0.15) is 0 Å². The summed E-state index contributed by atoms with van der Waals surface area (Å²) in [5, 5.41) is 21.9. The third kappa shape index (κ3) is 2.91. The van der Waals surface area contributed by atoms with Gasteiger partial charge in [-0.2, -0.15) is 0 Å². The summed E-state index contributed by atoms with van der Waals surface area (Å²) in [5.41, 5.74) is 0.996. The normalized spacial score (nSPS) is 11.1. The molecule has 7 heteroatoms. The van der Waals surface area contributed by atoms with Crippen molar-refractivity contribution in [1.29, 1.82) is 0 Å². The summed E-state index contributed by atoms with van der Waals surface area (Å²) in [4.78, 5) is 14.6. The minimum Gasteiger partial charge on any atom is -0.502 e. The Morgan fingerprint density at radius 3 is 2.45 bits per heavy atom. The highest BCUT2D eigenvalue weighted by atomic mass is 35.5. The van der Waals surface area contributed by atoms with Gasteiger partial charge in [-0.05, 0) is 31.5 Å². The van der Waals surface area contributed by atoms with Crippen LogP contribution in [0.3, 0.4) is 0 Å². The van der Waals surface area contributed by atoms with Gasteiger partial charge in [-0.15, -0.1) is 0 Å². The number of para-hydroxylation sites is 1. The maximum absolute atomic E-state index is 11.1. The van der Waals surface area contributed by atoms with E-state index in [1.54, 1.807) is 31.2 Å². The third-order valence-electron chi connectivity index (χ3n) is 3.26. The van der Waals surface area contributed by atoms with Crippen LogP contribution in [0, 0.1) is 24.0 Å². The van der Waals surface area contributed by atoms with Gasteiger partial charge in [-0.25, -0.2) is 0 Å². The van der Waals surface area contributed by atoms with E-state index in [1.807, 2.05) is 0 Å². The lowest BCUT2D eigenvalue weighted by Crippen LogP contribution is -2.00. The van der Waals surface area contributed by atoms with Crippen LogP contribution in [0.4, 0.5) is 11.4 Å². The molecular formula is C15H12Cl2N2O3. The molecule has 0 bridgehead atoms. The maximum Gasteiger partial charge on any atom is 0.315 e. The average Bonchev–Trinajstić information content (AvgIpc) is 2.46. The van der Waals surface area contributed by atoms with E-state index in [9.17, 15) is 15.2 Å². The first-order valence-electron chi connectivity index (χ1n) is 6.29. The maximum atomic E-state index is 11.1. The van der Waals surface area contributed by atoms with E-state index in [1.165, 1.54) is 13.1 Å². The Bertz CT molecular complexity index is 789. The number of aromatic hydroxyl groups is 1. The highest BCUT2D eigenvalue weighted by molar-refractivity contribution is 6.33. The van der Waals surface area contributed by atoms with E-state index in [0.29, 0.717) is 16.3 Å². The Kier molecular flexibility index (Phi) is 4.68. The molecule has 0 aromatic heterocycles. The van der Waals surface area contributed by atoms with Crippen LogP contribution in [0.15, 0.2) is 29.3 Å². The number of hydrogen-bond donors (Lipinski definition) is 1. The molecule has 0 spiro atoms. The van der Waals surface area contributed by atoms with Crippen molar-refractivity contribution in [3.8, 4) is 5.75 Å². The molecule has 0 amide bonds. The highest BCUT2D eigenvalue weighted by Gasteiger charge is 2.25. The molecule has 0 heterocycles. The number of hydrogen-bond acceptors (Lipinski definition) is 4. The molecule has 0 saturated carbocycles. The molecule has 0 radical (unpaired) electrons. The van der Waals surface area contributed by atoms with E-state index in [4.69, 9.17) is 23.2 Å². The van der Waals surface area contributed by atoms with Crippen molar-refractivity contribution in [2.24, 2.45) is 4.99 Å². The third-order valence-corrected chi connectivity index (χ3v) is 4.15. The summed E-state index contributed by atoms with van der Waals surface area (Å²) >= 11 is 12.1. The van der Waals surface area contributed by atoms with Crippen molar-refractivity contribution in [1.82, 2.24) is 0 Å². The zero-order chi connectivity index (χ0) is 16.4. The summed E-state index contributed by atoms with van der Waals surface area (Å²) in [7, 11) is 0. The van der Waals surface area contributed by atoms with Gasteiger partial charge in [0.15, 0.2) is 0 Å². The van der Waals surface area contributed by atoms with Gasteiger partial charge >= 0.3 is 5.69 Å². The van der Waals surface area contributed by atoms with Crippen LogP contribution >= 0.6 is 23.2 Å². The first kappa shape index (κ1) is 16.3. The number of phenolic OH excluding ortho intramolecular Hbond substituents is 1. The second-order valence-electron chi connectivity index (χ2n) is 4.64. The van der Waals surface area contributed by atoms with Crippen LogP contribution < -0.4 is 0 Å². The van der Waals surface area contributed by atoms with Gasteiger partial charge < -0.3 is 5.11 Å². The van der Waals surface area contributed by atoms with E-state index in [2.05, 4.69) is 4.99 Å². The first-order chi connectivity index (χ1) is 10.3. The van der Waals surface area contributed by atoms with Crippen LogP contribution in [-0.2, 0) is 0 Å². The van der Waals surface area contributed by atoms with Crippen molar-refractivity contribution in [3.05, 3.63) is 61.1 Å².